The number of sulfone groups is 1. The van der Waals surface area contributed by atoms with E-state index in [1.54, 1.807) is 30.3 Å². The second-order valence-electron chi connectivity index (χ2n) is 6.63. The van der Waals surface area contributed by atoms with Crippen molar-refractivity contribution in [2.75, 3.05) is 13.4 Å². The molecule has 0 radical (unpaired) electrons. The molecule has 0 N–H and O–H groups in total. The lowest BCUT2D eigenvalue weighted by atomic mass is 10.2. The lowest BCUT2D eigenvalue weighted by Gasteiger charge is -2.06. The normalized spacial score (nSPS) is 11.7. The molecular formula is C20H16Cl2N4O4S. The number of halogens is 2. The lowest BCUT2D eigenvalue weighted by Crippen LogP contribution is -2.01. The first-order valence-corrected chi connectivity index (χ1v) is 11.6. The zero-order chi connectivity index (χ0) is 22.2. The van der Waals surface area contributed by atoms with E-state index in [1.165, 1.54) is 23.9 Å². The molecule has 0 fully saturated rings. The first kappa shape index (κ1) is 21.5. The van der Waals surface area contributed by atoms with E-state index in [4.69, 9.17) is 32.5 Å². The van der Waals surface area contributed by atoms with E-state index in [2.05, 4.69) is 15.2 Å². The standard InChI is InChI=1S/C20H16Cl2N4O4S/c1-29-11-15-17(22)18(26(24-15)16-9-4-3-8-14(16)21)20-23-19(25-30-20)12-6-5-7-13(10-12)31(2,27)28/h3-10H,11H2,1-2H3. The summed E-state index contributed by atoms with van der Waals surface area (Å²) in [5.74, 6) is 0.302. The molecule has 2 aromatic carbocycles. The van der Waals surface area contributed by atoms with E-state index in [1.807, 2.05) is 6.07 Å². The van der Waals surface area contributed by atoms with Gasteiger partial charge in [0, 0.05) is 18.9 Å². The summed E-state index contributed by atoms with van der Waals surface area (Å²) in [4.78, 5) is 4.57. The van der Waals surface area contributed by atoms with E-state index in [9.17, 15) is 8.42 Å². The molecule has 0 atom stereocenters. The van der Waals surface area contributed by atoms with Gasteiger partial charge in [-0.15, -0.1) is 0 Å². The minimum atomic E-state index is -3.39. The van der Waals surface area contributed by atoms with Crippen molar-refractivity contribution in [1.82, 2.24) is 19.9 Å². The van der Waals surface area contributed by atoms with Crippen LogP contribution in [0.3, 0.4) is 0 Å². The first-order valence-electron chi connectivity index (χ1n) is 8.95. The molecule has 0 aliphatic rings. The quantitative estimate of drug-likeness (QED) is 0.403. The zero-order valence-corrected chi connectivity index (χ0v) is 18.7. The molecule has 0 unspecified atom stereocenters. The monoisotopic (exact) mass is 478 g/mol. The minimum Gasteiger partial charge on any atom is -0.378 e. The largest absolute Gasteiger partial charge is 0.378 e. The maximum Gasteiger partial charge on any atom is 0.278 e. The number of rotatable bonds is 6. The van der Waals surface area contributed by atoms with Gasteiger partial charge in [0.15, 0.2) is 15.5 Å². The van der Waals surface area contributed by atoms with Crippen LogP contribution in [0.5, 0.6) is 0 Å². The summed E-state index contributed by atoms with van der Waals surface area (Å²) in [6.07, 6.45) is 1.13. The van der Waals surface area contributed by atoms with Crippen LogP contribution in [-0.2, 0) is 21.2 Å². The van der Waals surface area contributed by atoms with Crippen LogP contribution >= 0.6 is 23.2 Å². The van der Waals surface area contributed by atoms with Gasteiger partial charge in [0.05, 0.1) is 27.2 Å². The molecular weight excluding hydrogens is 463 g/mol. The molecule has 0 bridgehead atoms. The third-order valence-electron chi connectivity index (χ3n) is 4.40. The molecule has 0 amide bonds. The first-order chi connectivity index (χ1) is 14.8. The summed E-state index contributed by atoms with van der Waals surface area (Å²) in [7, 11) is -1.85. The van der Waals surface area contributed by atoms with Crippen LogP contribution < -0.4 is 0 Å². The molecule has 0 spiro atoms. The van der Waals surface area contributed by atoms with Crippen LogP contribution in [0, 0.1) is 0 Å². The van der Waals surface area contributed by atoms with Crippen LogP contribution in [0.1, 0.15) is 5.69 Å². The van der Waals surface area contributed by atoms with Crippen molar-refractivity contribution in [2.24, 2.45) is 0 Å². The third kappa shape index (κ3) is 4.22. The van der Waals surface area contributed by atoms with E-state index in [-0.39, 0.29) is 28.2 Å². The topological polar surface area (TPSA) is 100 Å². The van der Waals surface area contributed by atoms with Crippen molar-refractivity contribution in [3.8, 4) is 28.7 Å². The van der Waals surface area contributed by atoms with Crippen molar-refractivity contribution < 1.29 is 17.7 Å². The molecule has 4 rings (SSSR count). The number of para-hydroxylation sites is 1. The van der Waals surface area contributed by atoms with Crippen molar-refractivity contribution in [1.29, 1.82) is 0 Å². The lowest BCUT2D eigenvalue weighted by molar-refractivity contribution is 0.181. The highest BCUT2D eigenvalue weighted by molar-refractivity contribution is 7.90. The molecule has 8 nitrogen and oxygen atoms in total. The molecule has 4 aromatic rings. The predicted octanol–water partition coefficient (Wildman–Crippen LogP) is 4.45. The fourth-order valence-corrected chi connectivity index (χ4v) is 4.09. The Balaban J connectivity index is 1.85. The molecule has 11 heteroatoms. The van der Waals surface area contributed by atoms with E-state index in [0.29, 0.717) is 27.7 Å². The van der Waals surface area contributed by atoms with Crippen LogP contribution in [0.2, 0.25) is 10.0 Å². The van der Waals surface area contributed by atoms with Gasteiger partial charge in [-0.2, -0.15) is 10.1 Å². The maximum atomic E-state index is 11.9. The Morgan fingerprint density at radius 3 is 2.61 bits per heavy atom. The third-order valence-corrected chi connectivity index (χ3v) is 6.23. The Bertz CT molecular complexity index is 1370. The Morgan fingerprint density at radius 1 is 1.13 bits per heavy atom. The average Bonchev–Trinajstić information content (AvgIpc) is 3.33. The molecule has 2 heterocycles. The van der Waals surface area contributed by atoms with Crippen molar-refractivity contribution in [3.63, 3.8) is 0 Å². The zero-order valence-electron chi connectivity index (χ0n) is 16.4. The molecule has 0 aliphatic heterocycles. The minimum absolute atomic E-state index is 0.0968. The summed E-state index contributed by atoms with van der Waals surface area (Å²) in [5, 5.41) is 9.23. The van der Waals surface area contributed by atoms with Gasteiger partial charge in [-0.25, -0.2) is 13.1 Å². The van der Waals surface area contributed by atoms with Crippen molar-refractivity contribution in [3.05, 3.63) is 64.3 Å². The SMILES string of the molecule is COCc1nn(-c2ccccc2Cl)c(-c2nc(-c3cccc(S(C)(=O)=O)c3)no2)c1Cl. The van der Waals surface area contributed by atoms with Gasteiger partial charge in [0.1, 0.15) is 5.69 Å². The molecule has 31 heavy (non-hydrogen) atoms. The number of ether oxygens (including phenoxy) is 1. The summed E-state index contributed by atoms with van der Waals surface area (Å²) in [6.45, 7) is 0.167. The van der Waals surface area contributed by atoms with E-state index < -0.39 is 9.84 Å². The van der Waals surface area contributed by atoms with Gasteiger partial charge >= 0.3 is 0 Å². The number of aromatic nitrogens is 4. The fourth-order valence-electron chi connectivity index (χ4n) is 2.96. The fraction of sp³-hybridized carbons (Fsp3) is 0.150. The molecule has 160 valence electrons. The van der Waals surface area contributed by atoms with Crippen molar-refractivity contribution in [2.45, 2.75) is 11.5 Å². The second kappa shape index (κ2) is 8.43. The van der Waals surface area contributed by atoms with Gasteiger partial charge in [0.2, 0.25) is 5.82 Å². The number of hydrogen-bond donors (Lipinski definition) is 0. The number of methoxy groups -OCH3 is 1. The average molecular weight is 479 g/mol. The molecule has 0 saturated carbocycles. The Labute approximate surface area is 188 Å². The van der Waals surface area contributed by atoms with Gasteiger partial charge < -0.3 is 9.26 Å². The van der Waals surface area contributed by atoms with Gasteiger partial charge in [0.25, 0.3) is 5.89 Å². The highest BCUT2D eigenvalue weighted by Crippen LogP contribution is 2.35. The highest BCUT2D eigenvalue weighted by Gasteiger charge is 2.25. The van der Waals surface area contributed by atoms with Crippen LogP contribution in [0.4, 0.5) is 0 Å². The molecule has 0 aliphatic carbocycles. The second-order valence-corrected chi connectivity index (χ2v) is 9.43. The Kier molecular flexibility index (Phi) is 5.85. The number of hydrogen-bond acceptors (Lipinski definition) is 7. The number of nitrogens with zero attached hydrogens (tertiary/aromatic N) is 4. The van der Waals surface area contributed by atoms with Crippen LogP contribution in [-0.4, -0.2) is 41.7 Å². The maximum absolute atomic E-state index is 11.9. The van der Waals surface area contributed by atoms with Crippen molar-refractivity contribution >= 4 is 33.0 Å². The van der Waals surface area contributed by atoms with E-state index >= 15 is 0 Å². The van der Waals surface area contributed by atoms with Crippen LogP contribution in [0.25, 0.3) is 28.7 Å². The predicted molar refractivity (Wildman–Crippen MR) is 116 cm³/mol. The van der Waals surface area contributed by atoms with E-state index in [0.717, 1.165) is 6.26 Å². The summed E-state index contributed by atoms with van der Waals surface area (Å²) >= 11 is 12.9. The highest BCUT2D eigenvalue weighted by atomic mass is 35.5. The summed E-state index contributed by atoms with van der Waals surface area (Å²) in [5.41, 5.74) is 1.87. The summed E-state index contributed by atoms with van der Waals surface area (Å²) < 4.78 is 35.9. The molecule has 0 saturated heterocycles. The van der Waals surface area contributed by atoms with Gasteiger partial charge in [-0.3, -0.25) is 0 Å². The van der Waals surface area contributed by atoms with Crippen LogP contribution in [0.15, 0.2) is 57.9 Å². The molecule has 2 aromatic heterocycles. The Hall–Kier alpha value is -2.72. The van der Waals surface area contributed by atoms with Gasteiger partial charge in [-0.05, 0) is 24.3 Å². The number of benzene rings is 2. The Morgan fingerprint density at radius 2 is 1.90 bits per heavy atom. The smallest absolute Gasteiger partial charge is 0.278 e. The van der Waals surface area contributed by atoms with Gasteiger partial charge in [-0.1, -0.05) is 52.6 Å². The summed E-state index contributed by atoms with van der Waals surface area (Å²) in [6, 6.07) is 13.4.